The lowest BCUT2D eigenvalue weighted by atomic mass is 10.6. The Labute approximate surface area is 71.3 Å². The summed E-state index contributed by atoms with van der Waals surface area (Å²) >= 11 is 5.01. The van der Waals surface area contributed by atoms with Gasteiger partial charge in [-0.05, 0) is 16.9 Å². The summed E-state index contributed by atoms with van der Waals surface area (Å²) in [5.74, 6) is 0.889. The zero-order chi connectivity index (χ0) is 6.81. The van der Waals surface area contributed by atoms with Crippen molar-refractivity contribution < 1.29 is 0 Å². The molecule has 0 spiro atoms. The van der Waals surface area contributed by atoms with Crippen molar-refractivity contribution >= 4 is 40.0 Å². The van der Waals surface area contributed by atoms with Crippen LogP contribution in [0.1, 0.15) is 5.82 Å². The Bertz CT molecular complexity index is 241. The van der Waals surface area contributed by atoms with Crippen LogP contribution in [-0.4, -0.2) is 14.4 Å². The molecule has 1 aromatic rings. The second-order valence-corrected chi connectivity index (χ2v) is 4.51. The van der Waals surface area contributed by atoms with E-state index in [-0.39, 0.29) is 0 Å². The zero-order valence-electron chi connectivity index (χ0n) is 4.98. The fourth-order valence-electron chi connectivity index (χ4n) is 0.638. The van der Waals surface area contributed by atoms with Gasteiger partial charge in [0.25, 0.3) is 0 Å². The van der Waals surface area contributed by atoms with E-state index in [1.165, 1.54) is 16.4 Å². The third-order valence-corrected chi connectivity index (χ3v) is 3.71. The summed E-state index contributed by atoms with van der Waals surface area (Å²) in [5.41, 5.74) is 1.76. The van der Waals surface area contributed by atoms with Gasteiger partial charge in [0.2, 0.25) is 0 Å². The molecule has 2 heterocycles. The van der Waals surface area contributed by atoms with E-state index in [4.69, 9.17) is 0 Å². The largest absolute Gasteiger partial charge is 0.223 e. The number of rotatable bonds is 1. The van der Waals surface area contributed by atoms with Crippen molar-refractivity contribution in [1.29, 1.82) is 0 Å². The summed E-state index contributed by atoms with van der Waals surface area (Å²) in [5, 5.41) is 3.22. The van der Waals surface area contributed by atoms with Crippen molar-refractivity contribution in [2.75, 3.05) is 5.08 Å². The fourth-order valence-corrected chi connectivity index (χ4v) is 3.15. The molecule has 0 amide bonds. The van der Waals surface area contributed by atoms with E-state index >= 15 is 0 Å². The summed E-state index contributed by atoms with van der Waals surface area (Å²) in [6.07, 6.45) is 0. The van der Waals surface area contributed by atoms with Gasteiger partial charge in [0.1, 0.15) is 5.51 Å². The molecule has 0 bridgehead atoms. The van der Waals surface area contributed by atoms with Gasteiger partial charge in [-0.15, -0.1) is 23.5 Å². The lowest BCUT2D eigenvalue weighted by Gasteiger charge is -1.88. The average molecular weight is 188 g/mol. The Morgan fingerprint density at radius 2 is 2.50 bits per heavy atom. The summed E-state index contributed by atoms with van der Waals surface area (Å²) in [4.78, 5) is 5.32. The van der Waals surface area contributed by atoms with Crippen LogP contribution in [0.15, 0.2) is 10.9 Å². The minimum Gasteiger partial charge on any atom is -0.223 e. The van der Waals surface area contributed by atoms with Gasteiger partial charge in [0.15, 0.2) is 5.82 Å². The van der Waals surface area contributed by atoms with E-state index in [1.54, 1.807) is 29.0 Å². The number of nitrogens with zero attached hydrogens (tertiary/aromatic N) is 2. The quantitative estimate of drug-likeness (QED) is 0.675. The predicted octanol–water partition coefficient (Wildman–Crippen LogP) is 2.27. The molecule has 0 fully saturated rings. The molecule has 0 saturated carbocycles. The van der Waals surface area contributed by atoms with Gasteiger partial charge in [0.05, 0.1) is 4.91 Å². The van der Waals surface area contributed by atoms with Crippen LogP contribution in [0.5, 0.6) is 0 Å². The lowest BCUT2D eigenvalue weighted by Crippen LogP contribution is -1.77. The second-order valence-electron chi connectivity index (χ2n) is 1.67. The van der Waals surface area contributed by atoms with Gasteiger partial charge in [-0.1, -0.05) is 0 Å². The topological polar surface area (TPSA) is 25.8 Å². The van der Waals surface area contributed by atoms with Gasteiger partial charge >= 0.3 is 0 Å². The van der Waals surface area contributed by atoms with Crippen LogP contribution in [-0.2, 0) is 0 Å². The van der Waals surface area contributed by atoms with Crippen LogP contribution < -0.4 is 0 Å². The van der Waals surface area contributed by atoms with Crippen LogP contribution in [0.25, 0.3) is 4.91 Å². The first-order chi connectivity index (χ1) is 4.97. The van der Waals surface area contributed by atoms with Gasteiger partial charge in [-0.2, -0.15) is 4.37 Å². The Hall–Kier alpha value is -0.000000000000000222. The van der Waals surface area contributed by atoms with Crippen LogP contribution >= 0.6 is 35.1 Å². The number of aromatic nitrogens is 2. The Balaban J connectivity index is 2.28. The molecular formula is C5H4N2S3. The van der Waals surface area contributed by atoms with E-state index < -0.39 is 0 Å². The smallest absolute Gasteiger partial charge is 0.179 e. The third-order valence-electron chi connectivity index (χ3n) is 1.05. The highest BCUT2D eigenvalue weighted by molar-refractivity contribution is 8.25. The molecule has 0 aromatic carbocycles. The lowest BCUT2D eigenvalue weighted by molar-refractivity contribution is 1.28. The molecule has 0 unspecified atom stereocenters. The third kappa shape index (κ3) is 1.21. The van der Waals surface area contributed by atoms with Gasteiger partial charge < -0.3 is 0 Å². The highest BCUT2D eigenvalue weighted by Crippen LogP contribution is 2.37. The van der Waals surface area contributed by atoms with E-state index in [0.717, 1.165) is 10.9 Å². The maximum Gasteiger partial charge on any atom is 0.179 e. The highest BCUT2D eigenvalue weighted by Gasteiger charge is 2.10. The Kier molecular flexibility index (Phi) is 1.97. The van der Waals surface area contributed by atoms with Crippen molar-refractivity contribution in [3.63, 3.8) is 0 Å². The highest BCUT2D eigenvalue weighted by atomic mass is 32.2. The van der Waals surface area contributed by atoms with Gasteiger partial charge in [0, 0.05) is 5.08 Å². The van der Waals surface area contributed by atoms with Gasteiger partial charge in [-0.3, -0.25) is 0 Å². The molecular weight excluding hydrogens is 184 g/mol. The Morgan fingerprint density at radius 1 is 1.50 bits per heavy atom. The molecule has 2 rings (SSSR count). The predicted molar refractivity (Wildman–Crippen MR) is 47.9 cm³/mol. The minimum absolute atomic E-state index is 0.889. The summed E-state index contributed by atoms with van der Waals surface area (Å²) < 4.78 is 4.13. The maximum atomic E-state index is 4.13. The van der Waals surface area contributed by atoms with E-state index in [9.17, 15) is 0 Å². The summed E-state index contributed by atoms with van der Waals surface area (Å²) in [7, 11) is 0. The molecule has 10 heavy (non-hydrogen) atoms. The first-order valence-corrected chi connectivity index (χ1v) is 5.55. The molecule has 0 saturated heterocycles. The molecule has 2 nitrogen and oxygen atoms in total. The monoisotopic (exact) mass is 188 g/mol. The number of hydrogen-bond acceptors (Lipinski definition) is 5. The number of thioether (sulfide) groups is 2. The maximum absolute atomic E-state index is 4.13. The first kappa shape index (κ1) is 6.69. The molecule has 0 atom stereocenters. The van der Waals surface area contributed by atoms with E-state index in [0.29, 0.717) is 0 Å². The van der Waals surface area contributed by atoms with Gasteiger partial charge in [-0.25, -0.2) is 4.98 Å². The number of hydrogen-bond donors (Lipinski definition) is 0. The van der Waals surface area contributed by atoms with Crippen molar-refractivity contribution in [2.24, 2.45) is 0 Å². The molecule has 0 aliphatic carbocycles. The van der Waals surface area contributed by atoms with Crippen LogP contribution in [0.4, 0.5) is 0 Å². The second kappa shape index (κ2) is 2.94. The molecule has 5 heteroatoms. The molecule has 1 aliphatic heterocycles. The summed E-state index contributed by atoms with van der Waals surface area (Å²) in [6, 6.07) is 0. The normalized spacial score (nSPS) is 17.4. The minimum atomic E-state index is 0.889. The molecule has 1 aliphatic rings. The van der Waals surface area contributed by atoms with E-state index in [2.05, 4.69) is 14.8 Å². The van der Waals surface area contributed by atoms with Crippen molar-refractivity contribution in [3.8, 4) is 0 Å². The Morgan fingerprint density at radius 3 is 3.10 bits per heavy atom. The first-order valence-electron chi connectivity index (χ1n) is 2.68. The molecule has 52 valence electrons. The van der Waals surface area contributed by atoms with Crippen molar-refractivity contribution in [3.05, 3.63) is 16.7 Å². The van der Waals surface area contributed by atoms with Crippen LogP contribution in [0.3, 0.4) is 0 Å². The standard InChI is InChI=1S/C5H4N2S3/c1-4(9-3-8-1)5-6-2-10-7-5/h1-2H,3H2. The molecule has 0 radical (unpaired) electrons. The summed E-state index contributed by atoms with van der Waals surface area (Å²) in [6.45, 7) is 0. The van der Waals surface area contributed by atoms with Crippen molar-refractivity contribution in [2.45, 2.75) is 0 Å². The van der Waals surface area contributed by atoms with Crippen molar-refractivity contribution in [1.82, 2.24) is 9.36 Å². The van der Waals surface area contributed by atoms with Crippen LogP contribution in [0.2, 0.25) is 0 Å². The van der Waals surface area contributed by atoms with E-state index in [1.807, 2.05) is 0 Å². The molecule has 1 aromatic heterocycles. The fraction of sp³-hybridized carbons (Fsp3) is 0.200. The molecule has 0 N–H and O–H groups in total. The average Bonchev–Trinajstić information content (AvgIpc) is 2.59. The SMILES string of the molecule is C1=C(c2ncsn2)SCS1. The zero-order valence-corrected chi connectivity index (χ0v) is 7.43. The van der Waals surface area contributed by atoms with Crippen LogP contribution in [0, 0.1) is 0 Å².